The van der Waals surface area contributed by atoms with Gasteiger partial charge >= 0.3 is 5.69 Å². The number of nitro groups is 1. The Labute approximate surface area is 118 Å². The molecule has 0 unspecified atom stereocenters. The van der Waals surface area contributed by atoms with E-state index in [1.54, 1.807) is 6.08 Å². The third-order valence-electron chi connectivity index (χ3n) is 2.83. The SMILES string of the molecule is C=Cc1cc([N+](=O)[O-])c(OC)nc1N(C)CCN(C)C. The second-order valence-electron chi connectivity index (χ2n) is 4.62. The van der Waals surface area contributed by atoms with Gasteiger partial charge in [0, 0.05) is 31.8 Å². The Morgan fingerprint density at radius 2 is 2.10 bits per heavy atom. The van der Waals surface area contributed by atoms with Crippen LogP contribution in [0.5, 0.6) is 5.88 Å². The Bertz CT molecular complexity index is 503. The lowest BCUT2D eigenvalue weighted by Crippen LogP contribution is -2.29. The molecular weight excluding hydrogens is 260 g/mol. The van der Waals surface area contributed by atoms with Crippen LogP contribution in [0.25, 0.3) is 6.08 Å². The molecule has 1 heterocycles. The predicted octanol–water partition coefficient (Wildman–Crippen LogP) is 1.64. The van der Waals surface area contributed by atoms with E-state index in [0.717, 1.165) is 13.1 Å². The molecule has 0 bridgehead atoms. The average molecular weight is 280 g/mol. The van der Waals surface area contributed by atoms with Crippen LogP contribution < -0.4 is 9.64 Å². The van der Waals surface area contributed by atoms with Gasteiger partial charge in [-0.15, -0.1) is 0 Å². The van der Waals surface area contributed by atoms with E-state index < -0.39 is 4.92 Å². The third kappa shape index (κ3) is 3.67. The molecule has 0 aliphatic rings. The van der Waals surface area contributed by atoms with Gasteiger partial charge in [0.25, 0.3) is 5.88 Å². The number of ether oxygens (including phenoxy) is 1. The van der Waals surface area contributed by atoms with Gasteiger partial charge in [0.05, 0.1) is 12.0 Å². The minimum Gasteiger partial charge on any atom is -0.476 e. The molecule has 7 nitrogen and oxygen atoms in total. The van der Waals surface area contributed by atoms with Gasteiger partial charge in [0.15, 0.2) is 0 Å². The van der Waals surface area contributed by atoms with Crippen molar-refractivity contribution in [2.45, 2.75) is 0 Å². The van der Waals surface area contributed by atoms with E-state index in [2.05, 4.69) is 11.6 Å². The Kier molecular flexibility index (Phi) is 5.45. The highest BCUT2D eigenvalue weighted by molar-refractivity contribution is 5.67. The van der Waals surface area contributed by atoms with Gasteiger partial charge in [-0.1, -0.05) is 12.7 Å². The van der Waals surface area contributed by atoms with E-state index in [-0.39, 0.29) is 11.6 Å². The standard InChI is InChI=1S/C13H20N4O3/c1-6-10-9-11(17(18)19)13(20-5)14-12(10)16(4)8-7-15(2)3/h6,9H,1,7-8H2,2-5H3. The first kappa shape index (κ1) is 15.9. The van der Waals surface area contributed by atoms with Crippen molar-refractivity contribution >= 4 is 17.6 Å². The van der Waals surface area contributed by atoms with Crippen molar-refractivity contribution in [1.29, 1.82) is 0 Å². The van der Waals surface area contributed by atoms with Gasteiger partial charge in [-0.25, -0.2) is 0 Å². The van der Waals surface area contributed by atoms with Crippen molar-refractivity contribution in [3.8, 4) is 5.88 Å². The summed E-state index contributed by atoms with van der Waals surface area (Å²) in [5.74, 6) is 0.622. The summed E-state index contributed by atoms with van der Waals surface area (Å²) < 4.78 is 5.00. The number of hydrogen-bond acceptors (Lipinski definition) is 6. The van der Waals surface area contributed by atoms with Crippen molar-refractivity contribution in [3.05, 3.63) is 28.3 Å². The first-order chi connectivity index (χ1) is 9.40. The number of rotatable bonds is 7. The Morgan fingerprint density at radius 1 is 1.45 bits per heavy atom. The number of anilines is 1. The topological polar surface area (TPSA) is 71.7 Å². The fourth-order valence-corrected chi connectivity index (χ4v) is 1.68. The first-order valence-corrected chi connectivity index (χ1v) is 6.12. The van der Waals surface area contributed by atoms with Crippen LogP contribution in [0.3, 0.4) is 0 Å². The molecular formula is C13H20N4O3. The fourth-order valence-electron chi connectivity index (χ4n) is 1.68. The minimum atomic E-state index is -0.511. The molecule has 0 aliphatic heterocycles. The van der Waals surface area contributed by atoms with E-state index in [1.165, 1.54) is 13.2 Å². The molecule has 0 fully saturated rings. The second kappa shape index (κ2) is 6.85. The van der Waals surface area contributed by atoms with Crippen LogP contribution in [0.2, 0.25) is 0 Å². The summed E-state index contributed by atoms with van der Waals surface area (Å²) in [6.45, 7) is 5.26. The van der Waals surface area contributed by atoms with Crippen molar-refractivity contribution < 1.29 is 9.66 Å². The van der Waals surface area contributed by atoms with Gasteiger partial charge in [-0.05, 0) is 14.1 Å². The smallest absolute Gasteiger partial charge is 0.331 e. The van der Waals surface area contributed by atoms with E-state index in [9.17, 15) is 10.1 Å². The molecule has 0 atom stereocenters. The number of pyridine rings is 1. The predicted molar refractivity (Wildman–Crippen MR) is 79.4 cm³/mol. The quantitative estimate of drug-likeness (QED) is 0.558. The summed E-state index contributed by atoms with van der Waals surface area (Å²) in [6, 6.07) is 1.43. The number of nitrogens with zero attached hydrogens (tertiary/aromatic N) is 4. The van der Waals surface area contributed by atoms with Gasteiger partial charge in [0.2, 0.25) is 0 Å². The van der Waals surface area contributed by atoms with E-state index in [1.807, 2.05) is 30.9 Å². The van der Waals surface area contributed by atoms with Gasteiger partial charge < -0.3 is 14.5 Å². The van der Waals surface area contributed by atoms with Crippen LogP contribution in [-0.2, 0) is 0 Å². The minimum absolute atomic E-state index is 0.00676. The molecule has 0 N–H and O–H groups in total. The van der Waals surface area contributed by atoms with Crippen molar-refractivity contribution in [1.82, 2.24) is 9.88 Å². The molecule has 0 aliphatic carbocycles. The summed E-state index contributed by atoms with van der Waals surface area (Å²) in [5, 5.41) is 11.0. The number of likely N-dealkylation sites (N-methyl/N-ethyl adjacent to an activating group) is 2. The molecule has 7 heteroatoms. The van der Waals surface area contributed by atoms with Crippen LogP contribution in [-0.4, -0.2) is 56.1 Å². The van der Waals surface area contributed by atoms with Crippen molar-refractivity contribution in [3.63, 3.8) is 0 Å². The highest BCUT2D eigenvalue weighted by atomic mass is 16.6. The lowest BCUT2D eigenvalue weighted by molar-refractivity contribution is -0.386. The van der Waals surface area contributed by atoms with E-state index in [0.29, 0.717) is 11.4 Å². The van der Waals surface area contributed by atoms with Gasteiger partial charge in [0.1, 0.15) is 5.82 Å². The molecule has 0 spiro atoms. The maximum Gasteiger partial charge on any atom is 0.331 e. The van der Waals surface area contributed by atoms with E-state index in [4.69, 9.17) is 4.74 Å². The third-order valence-corrected chi connectivity index (χ3v) is 2.83. The molecule has 0 amide bonds. The highest BCUT2D eigenvalue weighted by Crippen LogP contribution is 2.31. The molecule has 1 aromatic rings. The van der Waals surface area contributed by atoms with Crippen molar-refractivity contribution in [2.24, 2.45) is 0 Å². The highest BCUT2D eigenvalue weighted by Gasteiger charge is 2.21. The largest absolute Gasteiger partial charge is 0.476 e. The zero-order valence-electron chi connectivity index (χ0n) is 12.3. The molecule has 110 valence electrons. The fraction of sp³-hybridized carbons (Fsp3) is 0.462. The molecule has 0 radical (unpaired) electrons. The lowest BCUT2D eigenvalue weighted by atomic mass is 10.2. The zero-order valence-corrected chi connectivity index (χ0v) is 12.3. The van der Waals surface area contributed by atoms with Crippen LogP contribution in [0, 0.1) is 10.1 Å². The Balaban J connectivity index is 3.18. The Morgan fingerprint density at radius 3 is 2.55 bits per heavy atom. The molecule has 0 aromatic carbocycles. The lowest BCUT2D eigenvalue weighted by Gasteiger charge is -2.22. The number of hydrogen-bond donors (Lipinski definition) is 0. The molecule has 1 rings (SSSR count). The summed E-state index contributed by atoms with van der Waals surface area (Å²) >= 11 is 0. The second-order valence-corrected chi connectivity index (χ2v) is 4.62. The Hall–Kier alpha value is -2.15. The number of methoxy groups -OCH3 is 1. The number of aromatic nitrogens is 1. The summed E-state index contributed by atoms with van der Waals surface area (Å²) in [4.78, 5) is 18.7. The maximum atomic E-state index is 11.0. The molecule has 0 saturated heterocycles. The van der Waals surface area contributed by atoms with Crippen LogP contribution in [0.1, 0.15) is 5.56 Å². The normalized spacial score (nSPS) is 10.4. The van der Waals surface area contributed by atoms with Gasteiger partial charge in [-0.2, -0.15) is 4.98 Å². The van der Waals surface area contributed by atoms with Gasteiger partial charge in [-0.3, -0.25) is 10.1 Å². The van der Waals surface area contributed by atoms with Crippen LogP contribution in [0.15, 0.2) is 12.6 Å². The molecule has 0 saturated carbocycles. The first-order valence-electron chi connectivity index (χ1n) is 6.12. The molecule has 20 heavy (non-hydrogen) atoms. The van der Waals surface area contributed by atoms with E-state index >= 15 is 0 Å². The summed E-state index contributed by atoms with van der Waals surface area (Å²) in [6.07, 6.45) is 1.56. The summed E-state index contributed by atoms with van der Waals surface area (Å²) in [7, 11) is 7.20. The molecule has 1 aromatic heterocycles. The zero-order chi connectivity index (χ0) is 15.3. The van der Waals surface area contributed by atoms with Crippen LogP contribution in [0.4, 0.5) is 11.5 Å². The van der Waals surface area contributed by atoms with Crippen molar-refractivity contribution in [2.75, 3.05) is 46.2 Å². The van der Waals surface area contributed by atoms with Crippen LogP contribution >= 0.6 is 0 Å². The average Bonchev–Trinajstić information content (AvgIpc) is 2.42. The summed E-state index contributed by atoms with van der Waals surface area (Å²) in [5.41, 5.74) is 0.450. The maximum absolute atomic E-state index is 11.0. The monoisotopic (exact) mass is 280 g/mol.